The van der Waals surface area contributed by atoms with Crippen molar-refractivity contribution in [3.05, 3.63) is 59.7 Å². The van der Waals surface area contributed by atoms with Crippen molar-refractivity contribution in [3.63, 3.8) is 0 Å². The highest BCUT2D eigenvalue weighted by Gasteiger charge is 2.26. The van der Waals surface area contributed by atoms with E-state index in [4.69, 9.17) is 4.74 Å². The summed E-state index contributed by atoms with van der Waals surface area (Å²) in [6.45, 7) is 0.992. The maximum absolute atomic E-state index is 12.5. The second-order valence-corrected chi connectivity index (χ2v) is 6.05. The fourth-order valence-electron chi connectivity index (χ4n) is 3.09. The van der Waals surface area contributed by atoms with Crippen LogP contribution in [0.4, 0.5) is 5.69 Å². The minimum atomic E-state index is -0.556. The van der Waals surface area contributed by atoms with Crippen LogP contribution in [0.5, 0.6) is 5.75 Å². The molecular formula is C20H22N2O3. The summed E-state index contributed by atoms with van der Waals surface area (Å²) in [7, 11) is 1.62. The van der Waals surface area contributed by atoms with Gasteiger partial charge in [-0.25, -0.2) is 0 Å². The summed E-state index contributed by atoms with van der Waals surface area (Å²) in [5, 5.41) is 2.73. The standard InChI is InChI=1S/C20H22N2O3/c1-25-17-9-4-6-15(14-17)11-12-21-19(23)20(24)22-13-5-8-16-7-2-3-10-18(16)22/h2-4,6-7,9-10,14H,5,8,11-13H2,1H3,(H,21,23). The van der Waals surface area contributed by atoms with Crippen molar-refractivity contribution in [2.24, 2.45) is 0 Å². The predicted octanol–water partition coefficient (Wildman–Crippen LogP) is 2.33. The van der Waals surface area contributed by atoms with Gasteiger partial charge in [-0.15, -0.1) is 0 Å². The average molecular weight is 338 g/mol. The van der Waals surface area contributed by atoms with Crippen molar-refractivity contribution in [2.45, 2.75) is 19.3 Å². The first-order valence-electron chi connectivity index (χ1n) is 8.49. The molecule has 0 fully saturated rings. The summed E-state index contributed by atoms with van der Waals surface area (Å²) in [6.07, 6.45) is 2.46. The fourth-order valence-corrected chi connectivity index (χ4v) is 3.09. The summed E-state index contributed by atoms with van der Waals surface area (Å²) in [4.78, 5) is 26.3. The molecule has 0 radical (unpaired) electrons. The van der Waals surface area contributed by atoms with Crippen molar-refractivity contribution < 1.29 is 14.3 Å². The number of aryl methyl sites for hydroxylation is 1. The minimum Gasteiger partial charge on any atom is -0.497 e. The summed E-state index contributed by atoms with van der Waals surface area (Å²) < 4.78 is 5.18. The van der Waals surface area contributed by atoms with E-state index >= 15 is 0 Å². The summed E-state index contributed by atoms with van der Waals surface area (Å²) >= 11 is 0. The Morgan fingerprint density at radius 3 is 2.84 bits per heavy atom. The first-order chi connectivity index (χ1) is 12.2. The monoisotopic (exact) mass is 338 g/mol. The number of anilines is 1. The Bertz CT molecular complexity index is 773. The Morgan fingerprint density at radius 1 is 1.16 bits per heavy atom. The Hall–Kier alpha value is -2.82. The number of hydrogen-bond acceptors (Lipinski definition) is 3. The first kappa shape index (κ1) is 17.0. The maximum atomic E-state index is 12.5. The quantitative estimate of drug-likeness (QED) is 0.871. The summed E-state index contributed by atoms with van der Waals surface area (Å²) in [5.41, 5.74) is 3.02. The molecule has 0 spiro atoms. The number of rotatable bonds is 4. The van der Waals surface area contributed by atoms with Gasteiger partial charge in [0, 0.05) is 18.8 Å². The van der Waals surface area contributed by atoms with Gasteiger partial charge in [0.25, 0.3) is 0 Å². The van der Waals surface area contributed by atoms with Crippen LogP contribution < -0.4 is 15.0 Å². The number of nitrogens with one attached hydrogen (secondary N) is 1. The van der Waals surface area contributed by atoms with Gasteiger partial charge in [-0.3, -0.25) is 9.59 Å². The maximum Gasteiger partial charge on any atom is 0.316 e. The van der Waals surface area contributed by atoms with Crippen LogP contribution in [0, 0.1) is 0 Å². The highest BCUT2D eigenvalue weighted by atomic mass is 16.5. The number of ether oxygens (including phenoxy) is 1. The number of nitrogens with zero attached hydrogens (tertiary/aromatic N) is 1. The van der Waals surface area contributed by atoms with Crippen molar-refractivity contribution in [1.82, 2.24) is 5.32 Å². The fraction of sp³-hybridized carbons (Fsp3) is 0.300. The van der Waals surface area contributed by atoms with Gasteiger partial charge in [-0.2, -0.15) is 0 Å². The van der Waals surface area contributed by atoms with Crippen LogP contribution in [0.3, 0.4) is 0 Å². The van der Waals surface area contributed by atoms with E-state index in [-0.39, 0.29) is 0 Å². The molecule has 130 valence electrons. The average Bonchev–Trinajstić information content (AvgIpc) is 2.67. The molecule has 2 amide bonds. The van der Waals surface area contributed by atoms with E-state index in [9.17, 15) is 9.59 Å². The third-order valence-electron chi connectivity index (χ3n) is 4.38. The van der Waals surface area contributed by atoms with Crippen LogP contribution in [0.1, 0.15) is 17.5 Å². The molecular weight excluding hydrogens is 316 g/mol. The van der Waals surface area contributed by atoms with Gasteiger partial charge in [0.15, 0.2) is 0 Å². The number of amides is 2. The largest absolute Gasteiger partial charge is 0.497 e. The highest BCUT2D eigenvalue weighted by molar-refractivity contribution is 6.40. The lowest BCUT2D eigenvalue weighted by atomic mass is 10.0. The van der Waals surface area contributed by atoms with Crippen LogP contribution in [0.25, 0.3) is 0 Å². The molecule has 0 aromatic heterocycles. The molecule has 3 rings (SSSR count). The second-order valence-electron chi connectivity index (χ2n) is 6.05. The molecule has 0 unspecified atom stereocenters. The lowest BCUT2D eigenvalue weighted by Crippen LogP contribution is -2.45. The van der Waals surface area contributed by atoms with E-state index < -0.39 is 11.8 Å². The van der Waals surface area contributed by atoms with Crippen molar-refractivity contribution >= 4 is 17.5 Å². The van der Waals surface area contributed by atoms with E-state index in [0.29, 0.717) is 19.5 Å². The van der Waals surface area contributed by atoms with Crippen molar-refractivity contribution in [3.8, 4) is 5.75 Å². The van der Waals surface area contributed by atoms with Gasteiger partial charge in [0.05, 0.1) is 7.11 Å². The molecule has 5 heteroatoms. The van der Waals surface area contributed by atoms with E-state index in [1.807, 2.05) is 48.5 Å². The van der Waals surface area contributed by atoms with Crippen molar-refractivity contribution in [1.29, 1.82) is 0 Å². The van der Waals surface area contributed by atoms with Gasteiger partial charge in [-0.1, -0.05) is 30.3 Å². The topological polar surface area (TPSA) is 58.6 Å². The summed E-state index contributed by atoms with van der Waals surface area (Å²) in [5.74, 6) is -0.262. The molecule has 1 aliphatic heterocycles. The number of methoxy groups -OCH3 is 1. The van der Waals surface area contributed by atoms with Crippen LogP contribution in [0.2, 0.25) is 0 Å². The van der Waals surface area contributed by atoms with Gasteiger partial charge in [0.1, 0.15) is 5.75 Å². The SMILES string of the molecule is COc1cccc(CCNC(=O)C(=O)N2CCCc3ccccc32)c1. The number of hydrogen-bond donors (Lipinski definition) is 1. The molecule has 0 bridgehead atoms. The predicted molar refractivity (Wildman–Crippen MR) is 96.8 cm³/mol. The lowest BCUT2D eigenvalue weighted by molar-refractivity contribution is -0.137. The molecule has 2 aromatic carbocycles. The van der Waals surface area contributed by atoms with E-state index in [0.717, 1.165) is 35.4 Å². The van der Waals surface area contributed by atoms with Gasteiger partial charge >= 0.3 is 11.8 Å². The zero-order valence-corrected chi connectivity index (χ0v) is 14.3. The Kier molecular flexibility index (Phi) is 5.33. The molecule has 1 N–H and O–H groups in total. The van der Waals surface area contributed by atoms with Crippen LogP contribution in [-0.2, 0) is 22.4 Å². The molecule has 1 aliphatic rings. The lowest BCUT2D eigenvalue weighted by Gasteiger charge is -2.28. The number of benzene rings is 2. The van der Waals surface area contributed by atoms with Crippen molar-refractivity contribution in [2.75, 3.05) is 25.1 Å². The van der Waals surface area contributed by atoms with E-state index in [1.165, 1.54) is 0 Å². The molecule has 25 heavy (non-hydrogen) atoms. The summed E-state index contributed by atoms with van der Waals surface area (Å²) in [6, 6.07) is 15.4. The van der Waals surface area contributed by atoms with Gasteiger partial charge in [0.2, 0.25) is 0 Å². The Balaban J connectivity index is 1.57. The molecule has 0 aliphatic carbocycles. The Morgan fingerprint density at radius 2 is 2.00 bits per heavy atom. The zero-order chi connectivity index (χ0) is 17.6. The number of carbonyl (C=O) groups is 2. The smallest absolute Gasteiger partial charge is 0.316 e. The number of fused-ring (bicyclic) bond motifs is 1. The second kappa shape index (κ2) is 7.83. The van der Waals surface area contributed by atoms with Gasteiger partial charge < -0.3 is 15.0 Å². The molecule has 0 saturated carbocycles. The molecule has 5 nitrogen and oxygen atoms in total. The first-order valence-corrected chi connectivity index (χ1v) is 8.49. The Labute approximate surface area is 147 Å². The molecule has 0 atom stereocenters. The highest BCUT2D eigenvalue weighted by Crippen LogP contribution is 2.26. The third kappa shape index (κ3) is 3.99. The van der Waals surface area contributed by atoms with Crippen LogP contribution in [0.15, 0.2) is 48.5 Å². The third-order valence-corrected chi connectivity index (χ3v) is 4.38. The van der Waals surface area contributed by atoms with Crippen LogP contribution in [-0.4, -0.2) is 32.0 Å². The molecule has 2 aromatic rings. The van der Waals surface area contributed by atoms with E-state index in [1.54, 1.807) is 12.0 Å². The molecule has 1 heterocycles. The number of carbonyl (C=O) groups excluding carboxylic acids is 2. The molecule has 0 saturated heterocycles. The minimum absolute atomic E-state index is 0.410. The van der Waals surface area contributed by atoms with E-state index in [2.05, 4.69) is 5.32 Å². The normalized spacial score (nSPS) is 13.1. The number of para-hydroxylation sites is 1. The zero-order valence-electron chi connectivity index (χ0n) is 14.3. The van der Waals surface area contributed by atoms with Crippen LogP contribution >= 0.6 is 0 Å². The van der Waals surface area contributed by atoms with Gasteiger partial charge in [-0.05, 0) is 48.6 Å².